The Labute approximate surface area is 152 Å². The molecule has 0 N–H and O–H groups in total. The van der Waals surface area contributed by atoms with E-state index in [0.717, 1.165) is 52.1 Å². The smallest absolute Gasteiger partial charge is 0.222 e. The van der Waals surface area contributed by atoms with Crippen LogP contribution in [0.5, 0.6) is 0 Å². The minimum absolute atomic E-state index is 0.330. The maximum absolute atomic E-state index is 12.0. The third-order valence-corrected chi connectivity index (χ3v) is 5.97. The summed E-state index contributed by atoms with van der Waals surface area (Å²) in [6.07, 6.45) is 1.78. The normalized spacial score (nSPS) is 22.8. The number of carbonyl (C=O) groups is 1. The summed E-state index contributed by atoms with van der Waals surface area (Å²) in [5.41, 5.74) is 4.18. The number of hydrogen-bond acceptors (Lipinski definition) is 3. The number of likely N-dealkylation sites (tertiary alicyclic amines) is 1. The lowest BCUT2D eigenvalue weighted by atomic mass is 9.95. The predicted molar refractivity (Wildman–Crippen MR) is 104 cm³/mol. The fourth-order valence-corrected chi connectivity index (χ4v) is 4.20. The van der Waals surface area contributed by atoms with E-state index in [1.54, 1.807) is 0 Å². The van der Waals surface area contributed by atoms with Crippen molar-refractivity contribution in [2.45, 2.75) is 46.6 Å². The maximum atomic E-state index is 12.0. The highest BCUT2D eigenvalue weighted by Crippen LogP contribution is 2.25. The van der Waals surface area contributed by atoms with Gasteiger partial charge >= 0.3 is 0 Å². The molecule has 0 aliphatic carbocycles. The minimum Gasteiger partial charge on any atom is -0.369 e. The first kappa shape index (κ1) is 18.2. The first-order chi connectivity index (χ1) is 12.0. The second kappa shape index (κ2) is 7.77. The van der Waals surface area contributed by atoms with Crippen LogP contribution in [0.2, 0.25) is 0 Å². The summed E-state index contributed by atoms with van der Waals surface area (Å²) in [6, 6.07) is 6.95. The first-order valence-electron chi connectivity index (χ1n) is 9.78. The van der Waals surface area contributed by atoms with E-state index >= 15 is 0 Å². The van der Waals surface area contributed by atoms with Gasteiger partial charge in [-0.15, -0.1) is 0 Å². The Morgan fingerprint density at radius 3 is 2.52 bits per heavy atom. The second-order valence-corrected chi connectivity index (χ2v) is 8.05. The van der Waals surface area contributed by atoms with Crippen LogP contribution in [-0.4, -0.2) is 61.0 Å². The molecule has 1 amide bonds. The molecule has 0 aromatic heterocycles. The zero-order chi connectivity index (χ0) is 18.0. The number of piperazine rings is 1. The molecule has 138 valence electrons. The lowest BCUT2D eigenvalue weighted by Gasteiger charge is -2.41. The van der Waals surface area contributed by atoms with E-state index in [1.165, 1.54) is 16.8 Å². The molecule has 2 saturated heterocycles. The van der Waals surface area contributed by atoms with Gasteiger partial charge in [0.2, 0.25) is 5.91 Å². The summed E-state index contributed by atoms with van der Waals surface area (Å²) in [6.45, 7) is 15.2. The van der Waals surface area contributed by atoms with Crippen LogP contribution in [0.15, 0.2) is 18.2 Å². The molecule has 1 unspecified atom stereocenters. The number of amides is 1. The monoisotopic (exact) mass is 343 g/mol. The summed E-state index contributed by atoms with van der Waals surface area (Å²) in [7, 11) is 0. The van der Waals surface area contributed by atoms with Gasteiger partial charge in [0.15, 0.2) is 0 Å². The average Bonchev–Trinajstić information content (AvgIpc) is 2.60. The van der Waals surface area contributed by atoms with Gasteiger partial charge < -0.3 is 9.80 Å². The van der Waals surface area contributed by atoms with Crippen molar-refractivity contribution in [1.82, 2.24) is 9.80 Å². The summed E-state index contributed by atoms with van der Waals surface area (Å²) in [5.74, 6) is 0.971. The lowest BCUT2D eigenvalue weighted by molar-refractivity contribution is -0.136. The van der Waals surface area contributed by atoms with Gasteiger partial charge in [-0.1, -0.05) is 12.1 Å². The largest absolute Gasteiger partial charge is 0.369 e. The Balaban J connectivity index is 1.53. The quantitative estimate of drug-likeness (QED) is 0.841. The molecule has 0 saturated carbocycles. The van der Waals surface area contributed by atoms with E-state index in [0.29, 0.717) is 17.9 Å². The molecular formula is C21H33N3O. The number of rotatable bonds is 4. The van der Waals surface area contributed by atoms with Crippen LogP contribution in [0.3, 0.4) is 0 Å². The van der Waals surface area contributed by atoms with Gasteiger partial charge in [0.05, 0.1) is 0 Å². The van der Waals surface area contributed by atoms with Crippen molar-refractivity contribution in [3.05, 3.63) is 29.3 Å². The van der Waals surface area contributed by atoms with Crippen molar-refractivity contribution in [3.8, 4) is 0 Å². The number of nitrogens with zero attached hydrogens (tertiary/aromatic N) is 3. The summed E-state index contributed by atoms with van der Waals surface area (Å²) >= 11 is 0. The molecule has 0 spiro atoms. The van der Waals surface area contributed by atoms with Crippen molar-refractivity contribution >= 4 is 11.6 Å². The van der Waals surface area contributed by atoms with Crippen LogP contribution in [0.4, 0.5) is 5.69 Å². The Bertz CT molecular complexity index is 605. The van der Waals surface area contributed by atoms with Gasteiger partial charge in [-0.25, -0.2) is 0 Å². The fraction of sp³-hybridized carbons (Fsp3) is 0.667. The topological polar surface area (TPSA) is 26.8 Å². The highest BCUT2D eigenvalue weighted by molar-refractivity contribution is 5.77. The number of carbonyl (C=O) groups excluding carboxylic acids is 1. The minimum atomic E-state index is 0.330. The van der Waals surface area contributed by atoms with Crippen LogP contribution in [0.1, 0.15) is 37.8 Å². The van der Waals surface area contributed by atoms with Gasteiger partial charge in [0, 0.05) is 57.4 Å². The molecule has 1 atom stereocenters. The molecule has 2 heterocycles. The summed E-state index contributed by atoms with van der Waals surface area (Å²) in [5, 5.41) is 0. The van der Waals surface area contributed by atoms with Gasteiger partial charge in [-0.3, -0.25) is 9.69 Å². The maximum Gasteiger partial charge on any atom is 0.222 e. The molecule has 0 radical (unpaired) electrons. The number of aryl methyl sites for hydroxylation is 1. The zero-order valence-corrected chi connectivity index (χ0v) is 16.3. The van der Waals surface area contributed by atoms with Crippen LogP contribution in [0, 0.1) is 19.8 Å². The highest BCUT2D eigenvalue weighted by Gasteiger charge is 2.29. The number of hydrogen-bond donors (Lipinski definition) is 0. The van der Waals surface area contributed by atoms with Crippen molar-refractivity contribution in [3.63, 3.8) is 0 Å². The van der Waals surface area contributed by atoms with Gasteiger partial charge in [-0.2, -0.15) is 0 Å². The molecule has 2 aliphatic rings. The lowest BCUT2D eigenvalue weighted by Crippen LogP contribution is -2.51. The van der Waals surface area contributed by atoms with E-state index < -0.39 is 0 Å². The van der Waals surface area contributed by atoms with Crippen molar-refractivity contribution in [2.24, 2.45) is 5.92 Å². The Kier molecular flexibility index (Phi) is 5.67. The summed E-state index contributed by atoms with van der Waals surface area (Å²) in [4.78, 5) is 19.2. The Morgan fingerprint density at radius 1 is 1.12 bits per heavy atom. The third kappa shape index (κ3) is 4.17. The van der Waals surface area contributed by atoms with Gasteiger partial charge in [-0.05, 0) is 57.2 Å². The van der Waals surface area contributed by atoms with E-state index in [-0.39, 0.29) is 0 Å². The summed E-state index contributed by atoms with van der Waals surface area (Å²) < 4.78 is 0. The molecule has 2 fully saturated rings. The van der Waals surface area contributed by atoms with Crippen LogP contribution in [0.25, 0.3) is 0 Å². The van der Waals surface area contributed by atoms with Crippen molar-refractivity contribution in [1.29, 1.82) is 0 Å². The molecular weight excluding hydrogens is 310 g/mol. The van der Waals surface area contributed by atoms with Gasteiger partial charge in [0.25, 0.3) is 0 Å². The Hall–Kier alpha value is -1.55. The van der Waals surface area contributed by atoms with Crippen molar-refractivity contribution in [2.75, 3.05) is 44.2 Å². The highest BCUT2D eigenvalue weighted by atomic mass is 16.2. The SMILES string of the molecule is Cc1cccc(N2CCN(CC3CCC(=O)N(C(C)C)C3)CC2)c1C. The molecule has 25 heavy (non-hydrogen) atoms. The number of anilines is 1. The molecule has 2 aliphatic heterocycles. The fourth-order valence-electron chi connectivity index (χ4n) is 4.20. The Morgan fingerprint density at radius 2 is 1.84 bits per heavy atom. The van der Waals surface area contributed by atoms with E-state index in [4.69, 9.17) is 0 Å². The number of piperidine rings is 1. The molecule has 4 heteroatoms. The molecule has 4 nitrogen and oxygen atoms in total. The predicted octanol–water partition coefficient (Wildman–Crippen LogP) is 3.07. The molecule has 0 bridgehead atoms. The number of benzene rings is 1. The van der Waals surface area contributed by atoms with Crippen LogP contribution < -0.4 is 4.90 Å². The second-order valence-electron chi connectivity index (χ2n) is 8.05. The third-order valence-electron chi connectivity index (χ3n) is 5.97. The van der Waals surface area contributed by atoms with Crippen molar-refractivity contribution < 1.29 is 4.79 Å². The van der Waals surface area contributed by atoms with E-state index in [1.807, 2.05) is 0 Å². The molecule has 1 aromatic carbocycles. The standard InChI is InChI=1S/C21H33N3O/c1-16(2)24-15-19(8-9-21(24)25)14-22-10-12-23(13-11-22)20-7-5-6-17(3)18(20)4/h5-7,16,19H,8-15H2,1-4H3. The first-order valence-corrected chi connectivity index (χ1v) is 9.78. The van der Waals surface area contributed by atoms with Gasteiger partial charge in [0.1, 0.15) is 0 Å². The van der Waals surface area contributed by atoms with E-state index in [9.17, 15) is 4.79 Å². The van der Waals surface area contributed by atoms with E-state index in [2.05, 4.69) is 60.6 Å². The van der Waals surface area contributed by atoms with Crippen LogP contribution in [-0.2, 0) is 4.79 Å². The average molecular weight is 344 g/mol. The molecule has 1 aromatic rings. The van der Waals surface area contributed by atoms with Crippen LogP contribution >= 0.6 is 0 Å². The zero-order valence-electron chi connectivity index (χ0n) is 16.3. The molecule has 3 rings (SSSR count).